The summed E-state index contributed by atoms with van der Waals surface area (Å²) in [6.45, 7) is 14.2. The van der Waals surface area contributed by atoms with Crippen LogP contribution < -0.4 is 9.47 Å². The van der Waals surface area contributed by atoms with E-state index in [1.807, 2.05) is 31.2 Å². The van der Waals surface area contributed by atoms with Crippen LogP contribution in [0.3, 0.4) is 0 Å². The Kier molecular flexibility index (Phi) is 8.67. The maximum absolute atomic E-state index is 6.15. The number of fused-ring (bicyclic) bond motifs is 1. The van der Waals surface area contributed by atoms with Gasteiger partial charge in [-0.3, -0.25) is 19.7 Å². The van der Waals surface area contributed by atoms with Gasteiger partial charge in [0.15, 0.2) is 0 Å². The Morgan fingerprint density at radius 1 is 0.778 bits per heavy atom. The van der Waals surface area contributed by atoms with Gasteiger partial charge < -0.3 is 14.2 Å². The second-order valence-corrected chi connectivity index (χ2v) is 9.69. The van der Waals surface area contributed by atoms with Gasteiger partial charge in [0, 0.05) is 70.0 Å². The van der Waals surface area contributed by atoms with Crippen LogP contribution in [0, 0.1) is 6.92 Å². The molecule has 36 heavy (non-hydrogen) atoms. The molecular weight excluding hydrogens is 452 g/mol. The highest BCUT2D eigenvalue weighted by atomic mass is 16.5. The van der Waals surface area contributed by atoms with Crippen molar-refractivity contribution in [3.8, 4) is 11.5 Å². The van der Waals surface area contributed by atoms with E-state index in [0.29, 0.717) is 6.61 Å². The van der Waals surface area contributed by atoms with E-state index in [1.165, 1.54) is 5.56 Å². The van der Waals surface area contributed by atoms with Crippen molar-refractivity contribution in [1.29, 1.82) is 0 Å². The molecule has 3 aromatic rings. The summed E-state index contributed by atoms with van der Waals surface area (Å²) in [5.74, 6) is 1.89. The predicted octanol–water partition coefficient (Wildman–Crippen LogP) is 3.45. The Morgan fingerprint density at radius 3 is 2.33 bits per heavy atom. The van der Waals surface area contributed by atoms with E-state index in [0.717, 1.165) is 107 Å². The number of aryl methyl sites for hydroxylation is 1. The van der Waals surface area contributed by atoms with Crippen LogP contribution in [0.1, 0.15) is 11.3 Å². The van der Waals surface area contributed by atoms with Gasteiger partial charge in [0.1, 0.15) is 24.7 Å². The molecule has 0 radical (unpaired) electrons. The molecule has 0 N–H and O–H groups in total. The number of nitrogens with zero attached hydrogens (tertiary/aromatic N) is 4. The topological polar surface area (TPSA) is 50.3 Å². The summed E-state index contributed by atoms with van der Waals surface area (Å²) >= 11 is 0. The van der Waals surface area contributed by atoms with E-state index < -0.39 is 0 Å². The maximum atomic E-state index is 6.15. The molecule has 0 spiro atoms. The summed E-state index contributed by atoms with van der Waals surface area (Å²) < 4.78 is 17.6. The molecule has 0 saturated carbocycles. The molecule has 2 aliphatic heterocycles. The first-order valence-corrected chi connectivity index (χ1v) is 13.2. The van der Waals surface area contributed by atoms with Gasteiger partial charge >= 0.3 is 0 Å². The number of piperazine rings is 1. The van der Waals surface area contributed by atoms with E-state index in [-0.39, 0.29) is 0 Å². The fourth-order valence-corrected chi connectivity index (χ4v) is 4.92. The number of hydrogen-bond donors (Lipinski definition) is 0. The second-order valence-electron chi connectivity index (χ2n) is 9.69. The largest absolute Gasteiger partial charge is 0.492 e. The molecule has 0 aliphatic carbocycles. The zero-order valence-corrected chi connectivity index (χ0v) is 21.4. The predicted molar refractivity (Wildman–Crippen MR) is 143 cm³/mol. The average Bonchev–Trinajstić information content (AvgIpc) is 2.90. The Labute approximate surface area is 214 Å². The lowest BCUT2D eigenvalue weighted by Gasteiger charge is -2.34. The molecule has 2 aromatic carbocycles. The first-order chi connectivity index (χ1) is 17.7. The number of pyridine rings is 1. The van der Waals surface area contributed by atoms with Crippen LogP contribution in [0.15, 0.2) is 54.6 Å². The van der Waals surface area contributed by atoms with Gasteiger partial charge in [0.25, 0.3) is 0 Å². The fourth-order valence-electron chi connectivity index (χ4n) is 4.92. The third-order valence-corrected chi connectivity index (χ3v) is 7.05. The highest BCUT2D eigenvalue weighted by molar-refractivity contribution is 5.85. The first kappa shape index (κ1) is 25.0. The lowest BCUT2D eigenvalue weighted by molar-refractivity contribution is 0.0322. The summed E-state index contributed by atoms with van der Waals surface area (Å²) in [5, 5.41) is 1.08. The number of hydrogen-bond acceptors (Lipinski definition) is 7. The normalized spacial score (nSPS) is 17.9. The number of morpholine rings is 1. The number of benzene rings is 2. The Morgan fingerprint density at radius 2 is 1.50 bits per heavy atom. The molecule has 7 heteroatoms. The zero-order chi connectivity index (χ0) is 24.6. The second kappa shape index (κ2) is 12.5. The molecule has 0 amide bonds. The lowest BCUT2D eigenvalue weighted by atomic mass is 10.2. The van der Waals surface area contributed by atoms with E-state index >= 15 is 0 Å². The Balaban J connectivity index is 1.02. The summed E-state index contributed by atoms with van der Waals surface area (Å²) in [6.07, 6.45) is 0. The van der Waals surface area contributed by atoms with E-state index in [9.17, 15) is 0 Å². The lowest BCUT2D eigenvalue weighted by Crippen LogP contribution is -2.47. The molecule has 3 heterocycles. The molecule has 2 fully saturated rings. The van der Waals surface area contributed by atoms with Crippen LogP contribution in [-0.4, -0.2) is 98.5 Å². The van der Waals surface area contributed by atoms with Crippen molar-refractivity contribution in [2.45, 2.75) is 13.5 Å². The van der Waals surface area contributed by atoms with Gasteiger partial charge in [-0.15, -0.1) is 0 Å². The van der Waals surface area contributed by atoms with Gasteiger partial charge in [-0.1, -0.05) is 18.2 Å². The molecule has 0 bridgehead atoms. The van der Waals surface area contributed by atoms with Gasteiger partial charge in [-0.2, -0.15) is 0 Å². The Bertz CT molecular complexity index is 1110. The molecule has 7 nitrogen and oxygen atoms in total. The highest BCUT2D eigenvalue weighted by Gasteiger charge is 2.17. The van der Waals surface area contributed by atoms with Gasteiger partial charge in [-0.25, -0.2) is 0 Å². The van der Waals surface area contributed by atoms with Crippen molar-refractivity contribution >= 4 is 10.9 Å². The number of rotatable bonds is 10. The summed E-state index contributed by atoms with van der Waals surface area (Å²) in [7, 11) is 0. The van der Waals surface area contributed by atoms with Crippen LogP contribution >= 0.6 is 0 Å². The van der Waals surface area contributed by atoms with Crippen molar-refractivity contribution in [2.24, 2.45) is 0 Å². The van der Waals surface area contributed by atoms with Crippen LogP contribution in [0.5, 0.6) is 11.5 Å². The smallest absolute Gasteiger partial charge is 0.128 e. The van der Waals surface area contributed by atoms with E-state index in [4.69, 9.17) is 14.2 Å². The van der Waals surface area contributed by atoms with E-state index in [2.05, 4.69) is 50.0 Å². The standard InChI is InChI=1S/C29H38N4O3/c1-24-8-9-27-28(30-24)6-3-7-29(27)36-21-17-31-10-12-33(13-11-31)23-25-4-2-5-26(22-25)35-20-16-32-14-18-34-19-15-32/h2-9,22H,10-21,23H2,1H3. The molecule has 2 aliphatic rings. The minimum absolute atomic E-state index is 0.691. The SMILES string of the molecule is Cc1ccc2c(OCCN3CCN(Cc4cccc(OCCN5CCOCC5)c4)CC3)cccc2n1. The average molecular weight is 491 g/mol. The summed E-state index contributed by atoms with van der Waals surface area (Å²) in [4.78, 5) is 12.0. The van der Waals surface area contributed by atoms with Gasteiger partial charge in [-0.05, 0) is 48.9 Å². The van der Waals surface area contributed by atoms with Crippen LogP contribution in [0.2, 0.25) is 0 Å². The quantitative estimate of drug-likeness (QED) is 0.431. The zero-order valence-electron chi connectivity index (χ0n) is 21.4. The molecule has 192 valence electrons. The van der Waals surface area contributed by atoms with Gasteiger partial charge in [0.05, 0.1) is 18.7 Å². The van der Waals surface area contributed by atoms with Gasteiger partial charge in [0.2, 0.25) is 0 Å². The van der Waals surface area contributed by atoms with E-state index in [1.54, 1.807) is 0 Å². The van der Waals surface area contributed by atoms with Crippen LogP contribution in [0.25, 0.3) is 10.9 Å². The summed E-state index contributed by atoms with van der Waals surface area (Å²) in [5.41, 5.74) is 3.34. The van der Waals surface area contributed by atoms with Crippen molar-refractivity contribution in [3.05, 3.63) is 65.9 Å². The molecular formula is C29H38N4O3. The Hall–Kier alpha value is -2.71. The third-order valence-electron chi connectivity index (χ3n) is 7.05. The van der Waals surface area contributed by atoms with Crippen molar-refractivity contribution in [2.75, 3.05) is 78.8 Å². The highest BCUT2D eigenvalue weighted by Crippen LogP contribution is 2.24. The van der Waals surface area contributed by atoms with Crippen molar-refractivity contribution in [3.63, 3.8) is 0 Å². The number of aromatic nitrogens is 1. The van der Waals surface area contributed by atoms with Crippen molar-refractivity contribution < 1.29 is 14.2 Å². The maximum Gasteiger partial charge on any atom is 0.128 e. The van der Waals surface area contributed by atoms with Crippen LogP contribution in [-0.2, 0) is 11.3 Å². The summed E-state index contributed by atoms with van der Waals surface area (Å²) in [6, 6.07) is 18.8. The minimum atomic E-state index is 0.691. The fraction of sp³-hybridized carbons (Fsp3) is 0.483. The molecule has 1 aromatic heterocycles. The van der Waals surface area contributed by atoms with Crippen LogP contribution in [0.4, 0.5) is 0 Å². The first-order valence-electron chi connectivity index (χ1n) is 13.2. The molecule has 2 saturated heterocycles. The third kappa shape index (κ3) is 6.95. The number of ether oxygens (including phenoxy) is 3. The molecule has 0 unspecified atom stereocenters. The minimum Gasteiger partial charge on any atom is -0.492 e. The molecule has 5 rings (SSSR count). The van der Waals surface area contributed by atoms with Crippen molar-refractivity contribution in [1.82, 2.24) is 19.7 Å². The monoisotopic (exact) mass is 490 g/mol. The molecule has 0 atom stereocenters.